The molecule has 2 atom stereocenters. The van der Waals surface area contributed by atoms with Gasteiger partial charge in [-0.3, -0.25) is 4.79 Å². The van der Waals surface area contributed by atoms with E-state index >= 15 is 0 Å². The quantitative estimate of drug-likeness (QED) is 0.724. The van der Waals surface area contributed by atoms with Crippen molar-refractivity contribution in [1.29, 1.82) is 0 Å². The molecular weight excluding hydrogens is 306 g/mol. The Kier molecular flexibility index (Phi) is 7.32. The monoisotopic (exact) mass is 327 g/mol. The molecule has 0 bridgehead atoms. The van der Waals surface area contributed by atoms with Gasteiger partial charge < -0.3 is 5.32 Å². The van der Waals surface area contributed by atoms with Gasteiger partial charge in [-0.2, -0.15) is 0 Å². The van der Waals surface area contributed by atoms with Crippen LogP contribution in [0.15, 0.2) is 0 Å². The number of halogens is 1. The van der Waals surface area contributed by atoms with Crippen LogP contribution in [0.2, 0.25) is 0 Å². The van der Waals surface area contributed by atoms with E-state index < -0.39 is 21.0 Å². The zero-order chi connectivity index (χ0) is 13.6. The second-order valence-electron chi connectivity index (χ2n) is 4.31. The van der Waals surface area contributed by atoms with E-state index in [-0.39, 0.29) is 4.83 Å². The van der Waals surface area contributed by atoms with Crippen LogP contribution in [0.1, 0.15) is 33.6 Å². The topological polar surface area (TPSA) is 63.2 Å². The summed E-state index contributed by atoms with van der Waals surface area (Å²) in [5, 5.41) is 1.69. The molecule has 1 amide bonds. The summed E-state index contributed by atoms with van der Waals surface area (Å²) in [6.45, 7) is 6.07. The van der Waals surface area contributed by atoms with E-state index in [2.05, 4.69) is 35.1 Å². The maximum absolute atomic E-state index is 11.6. The maximum atomic E-state index is 11.6. The van der Waals surface area contributed by atoms with E-state index in [1.165, 1.54) is 6.92 Å². The van der Waals surface area contributed by atoms with Crippen LogP contribution in [0.5, 0.6) is 0 Å². The molecule has 0 aromatic rings. The molecule has 0 aliphatic heterocycles. The second-order valence-corrected chi connectivity index (χ2v) is 7.85. The van der Waals surface area contributed by atoms with Crippen molar-refractivity contribution in [3.63, 3.8) is 0 Å². The first-order chi connectivity index (χ1) is 7.73. The molecule has 0 fully saturated rings. The predicted octanol–water partition coefficient (Wildman–Crippen LogP) is 1.74. The first-order valence-electron chi connectivity index (χ1n) is 5.84. The average molecular weight is 328 g/mol. The first kappa shape index (κ1) is 16.9. The highest BCUT2D eigenvalue weighted by Crippen LogP contribution is 2.19. The zero-order valence-corrected chi connectivity index (χ0v) is 13.3. The maximum Gasteiger partial charge on any atom is 0.238 e. The third kappa shape index (κ3) is 5.86. The Balaban J connectivity index is 4.26. The van der Waals surface area contributed by atoms with Crippen LogP contribution in [0.25, 0.3) is 0 Å². The Hall–Kier alpha value is -0.100. The summed E-state index contributed by atoms with van der Waals surface area (Å²) < 4.78 is 22.4. The number of alkyl halides is 1. The third-order valence-electron chi connectivity index (χ3n) is 3.04. The highest BCUT2D eigenvalue weighted by Gasteiger charge is 2.24. The van der Waals surface area contributed by atoms with Gasteiger partial charge in [-0.05, 0) is 12.8 Å². The van der Waals surface area contributed by atoms with Gasteiger partial charge in [-0.15, -0.1) is 0 Å². The molecule has 0 saturated heterocycles. The van der Waals surface area contributed by atoms with E-state index in [0.717, 1.165) is 19.1 Å². The number of amides is 1. The molecule has 0 rings (SSSR count). The lowest BCUT2D eigenvalue weighted by Gasteiger charge is -2.20. The molecule has 1 N–H and O–H groups in total. The molecule has 0 aliphatic carbocycles. The van der Waals surface area contributed by atoms with Crippen molar-refractivity contribution >= 4 is 31.7 Å². The minimum absolute atomic E-state index is 0.188. The van der Waals surface area contributed by atoms with Crippen LogP contribution in [-0.4, -0.2) is 37.2 Å². The van der Waals surface area contributed by atoms with Gasteiger partial charge in [-0.1, -0.05) is 42.6 Å². The molecule has 4 nitrogen and oxygen atoms in total. The standard InChI is InChI=1S/C11H22BrNO3S/c1-5-9(6-2)10(12)7-13-11(14)8(3)17(4,15)16/h8-10H,5-7H2,1-4H3,(H,13,14). The predicted molar refractivity (Wildman–Crippen MR) is 74.1 cm³/mol. The molecule has 6 heteroatoms. The Morgan fingerprint density at radius 3 is 2.12 bits per heavy atom. The van der Waals surface area contributed by atoms with E-state index in [9.17, 15) is 13.2 Å². The van der Waals surface area contributed by atoms with Gasteiger partial charge in [-0.25, -0.2) is 8.42 Å². The van der Waals surface area contributed by atoms with E-state index in [0.29, 0.717) is 12.5 Å². The van der Waals surface area contributed by atoms with Gasteiger partial charge in [0.15, 0.2) is 9.84 Å². The van der Waals surface area contributed by atoms with Crippen LogP contribution < -0.4 is 5.32 Å². The fraction of sp³-hybridized carbons (Fsp3) is 0.909. The van der Waals surface area contributed by atoms with E-state index in [1.54, 1.807) is 0 Å². The lowest BCUT2D eigenvalue weighted by molar-refractivity contribution is -0.120. The zero-order valence-electron chi connectivity index (χ0n) is 10.9. The largest absolute Gasteiger partial charge is 0.354 e. The number of carbonyl (C=O) groups excluding carboxylic acids is 1. The van der Waals surface area contributed by atoms with Crippen LogP contribution >= 0.6 is 15.9 Å². The normalized spacial score (nSPS) is 15.6. The van der Waals surface area contributed by atoms with Crippen molar-refractivity contribution < 1.29 is 13.2 Å². The number of nitrogens with one attached hydrogen (secondary N) is 1. The Morgan fingerprint density at radius 2 is 1.76 bits per heavy atom. The van der Waals surface area contributed by atoms with Gasteiger partial charge >= 0.3 is 0 Å². The fourth-order valence-corrected chi connectivity index (χ4v) is 2.88. The molecule has 0 spiro atoms. The van der Waals surface area contributed by atoms with E-state index in [4.69, 9.17) is 0 Å². The van der Waals surface area contributed by atoms with Crippen molar-refractivity contribution in [2.75, 3.05) is 12.8 Å². The van der Waals surface area contributed by atoms with Crippen molar-refractivity contribution in [2.24, 2.45) is 5.92 Å². The molecule has 17 heavy (non-hydrogen) atoms. The van der Waals surface area contributed by atoms with Gasteiger partial charge in [0, 0.05) is 17.6 Å². The summed E-state index contributed by atoms with van der Waals surface area (Å²) in [6, 6.07) is 0. The number of hydrogen-bond acceptors (Lipinski definition) is 3. The molecule has 0 aliphatic rings. The van der Waals surface area contributed by atoms with Crippen molar-refractivity contribution in [2.45, 2.75) is 43.7 Å². The highest BCUT2D eigenvalue weighted by molar-refractivity contribution is 9.09. The summed E-state index contributed by atoms with van der Waals surface area (Å²) in [7, 11) is -3.31. The molecule has 2 unspecified atom stereocenters. The summed E-state index contributed by atoms with van der Waals surface area (Å²) in [5.41, 5.74) is 0. The molecule has 0 aromatic heterocycles. The molecular formula is C11H22BrNO3S. The lowest BCUT2D eigenvalue weighted by atomic mass is 9.99. The smallest absolute Gasteiger partial charge is 0.238 e. The fourth-order valence-electron chi connectivity index (χ4n) is 1.50. The lowest BCUT2D eigenvalue weighted by Crippen LogP contribution is -2.41. The van der Waals surface area contributed by atoms with Gasteiger partial charge in [0.2, 0.25) is 5.91 Å². The second kappa shape index (κ2) is 7.36. The van der Waals surface area contributed by atoms with Crippen LogP contribution in [-0.2, 0) is 14.6 Å². The Bertz CT molecular complexity index is 339. The first-order valence-corrected chi connectivity index (χ1v) is 8.71. The van der Waals surface area contributed by atoms with E-state index in [1.807, 2.05) is 0 Å². The molecule has 102 valence electrons. The summed E-state index contributed by atoms with van der Waals surface area (Å²) >= 11 is 3.53. The highest BCUT2D eigenvalue weighted by atomic mass is 79.9. The number of hydrogen-bond donors (Lipinski definition) is 1. The summed E-state index contributed by atoms with van der Waals surface area (Å²) in [6.07, 6.45) is 3.14. The molecule has 0 heterocycles. The third-order valence-corrected chi connectivity index (χ3v) is 5.61. The van der Waals surface area contributed by atoms with Crippen LogP contribution in [0, 0.1) is 5.92 Å². The molecule has 0 aromatic carbocycles. The number of rotatable bonds is 7. The van der Waals surface area contributed by atoms with Crippen LogP contribution in [0.3, 0.4) is 0 Å². The van der Waals surface area contributed by atoms with Gasteiger partial charge in [0.05, 0.1) is 0 Å². The van der Waals surface area contributed by atoms with Gasteiger partial charge in [0.1, 0.15) is 5.25 Å². The summed E-state index contributed by atoms with van der Waals surface area (Å²) in [4.78, 5) is 11.8. The van der Waals surface area contributed by atoms with Gasteiger partial charge in [0.25, 0.3) is 0 Å². The Labute approximate surface area is 113 Å². The van der Waals surface area contributed by atoms with Crippen LogP contribution in [0.4, 0.5) is 0 Å². The van der Waals surface area contributed by atoms with Crippen molar-refractivity contribution in [3.8, 4) is 0 Å². The molecule has 0 saturated carbocycles. The molecule has 0 radical (unpaired) electrons. The SMILES string of the molecule is CCC(CC)C(Br)CNC(=O)C(C)S(C)(=O)=O. The number of sulfone groups is 1. The summed E-state index contributed by atoms with van der Waals surface area (Å²) in [5.74, 6) is 0.0618. The van der Waals surface area contributed by atoms with Crippen molar-refractivity contribution in [1.82, 2.24) is 5.32 Å². The average Bonchev–Trinajstić information content (AvgIpc) is 2.25. The minimum atomic E-state index is -3.31. The minimum Gasteiger partial charge on any atom is -0.354 e. The van der Waals surface area contributed by atoms with Crippen molar-refractivity contribution in [3.05, 3.63) is 0 Å². The number of carbonyl (C=O) groups is 1. The Morgan fingerprint density at radius 1 is 1.29 bits per heavy atom.